The van der Waals surface area contributed by atoms with Gasteiger partial charge in [-0.25, -0.2) is 4.79 Å². The van der Waals surface area contributed by atoms with Crippen LogP contribution in [-0.4, -0.2) is 59.7 Å². The molecule has 7 heteroatoms. The van der Waals surface area contributed by atoms with Crippen molar-refractivity contribution in [2.24, 2.45) is 0 Å². The van der Waals surface area contributed by atoms with E-state index >= 15 is 0 Å². The zero-order valence-electron chi connectivity index (χ0n) is 13.8. The minimum atomic E-state index is -0.0380. The number of carbonyl (C=O) groups excluding carboxylic acids is 2. The number of amides is 3. The Labute approximate surface area is 140 Å². The van der Waals surface area contributed by atoms with Crippen molar-refractivity contribution in [3.05, 3.63) is 23.8 Å². The van der Waals surface area contributed by atoms with Gasteiger partial charge in [0.1, 0.15) is 0 Å². The molecular formula is C17H21N3O4. The Bertz CT molecular complexity index is 690. The van der Waals surface area contributed by atoms with Crippen LogP contribution in [0.25, 0.3) is 0 Å². The third kappa shape index (κ3) is 2.35. The molecule has 4 rings (SSSR count). The average molecular weight is 331 g/mol. The van der Waals surface area contributed by atoms with E-state index in [-0.39, 0.29) is 36.9 Å². The second-order valence-corrected chi connectivity index (χ2v) is 6.73. The first kappa shape index (κ1) is 15.1. The summed E-state index contributed by atoms with van der Waals surface area (Å²) in [6.07, 6.45) is 0.790. The predicted molar refractivity (Wildman–Crippen MR) is 86.2 cm³/mol. The van der Waals surface area contributed by atoms with E-state index in [0.29, 0.717) is 30.2 Å². The van der Waals surface area contributed by atoms with Gasteiger partial charge in [-0.3, -0.25) is 4.79 Å². The molecule has 0 unspecified atom stereocenters. The Morgan fingerprint density at radius 2 is 2.08 bits per heavy atom. The lowest BCUT2D eigenvalue weighted by molar-refractivity contribution is 0.0644. The first-order chi connectivity index (χ1) is 11.5. The third-order valence-corrected chi connectivity index (χ3v) is 4.94. The van der Waals surface area contributed by atoms with E-state index in [4.69, 9.17) is 9.47 Å². The zero-order chi connectivity index (χ0) is 16.8. The topological polar surface area (TPSA) is 71.1 Å². The molecule has 0 aliphatic carbocycles. The molecule has 1 aromatic carbocycles. The lowest BCUT2D eigenvalue weighted by Crippen LogP contribution is -2.53. The van der Waals surface area contributed by atoms with Crippen LogP contribution in [0.3, 0.4) is 0 Å². The van der Waals surface area contributed by atoms with Gasteiger partial charge in [-0.2, -0.15) is 0 Å². The molecule has 2 saturated heterocycles. The SMILES string of the molecule is CC(C)N1C(=O)N[C@@H]2CN(C(=O)c3ccc4c(c3)OCO4)CC[C@@H]21. The number of hydrogen-bond donors (Lipinski definition) is 1. The molecular weight excluding hydrogens is 310 g/mol. The Kier molecular flexibility index (Phi) is 3.51. The van der Waals surface area contributed by atoms with Crippen LogP contribution in [0.2, 0.25) is 0 Å². The van der Waals surface area contributed by atoms with Gasteiger partial charge in [-0.05, 0) is 38.5 Å². The van der Waals surface area contributed by atoms with E-state index in [1.165, 1.54) is 0 Å². The summed E-state index contributed by atoms with van der Waals surface area (Å²) < 4.78 is 10.6. The molecule has 3 heterocycles. The fourth-order valence-electron chi connectivity index (χ4n) is 3.81. The lowest BCUT2D eigenvalue weighted by atomic mass is 9.98. The second-order valence-electron chi connectivity index (χ2n) is 6.73. The largest absolute Gasteiger partial charge is 0.454 e. The Hall–Kier alpha value is -2.44. The number of piperidine rings is 1. The Balaban J connectivity index is 1.49. The monoisotopic (exact) mass is 331 g/mol. The average Bonchev–Trinajstić information content (AvgIpc) is 3.15. The summed E-state index contributed by atoms with van der Waals surface area (Å²) in [5.74, 6) is 1.24. The number of urea groups is 1. The van der Waals surface area contributed by atoms with Crippen molar-refractivity contribution in [2.45, 2.75) is 38.4 Å². The fourth-order valence-corrected chi connectivity index (χ4v) is 3.81. The summed E-state index contributed by atoms with van der Waals surface area (Å²) >= 11 is 0. The molecule has 1 aromatic rings. The summed E-state index contributed by atoms with van der Waals surface area (Å²) in [5, 5.41) is 3.01. The highest BCUT2D eigenvalue weighted by Gasteiger charge is 2.44. The van der Waals surface area contributed by atoms with Gasteiger partial charge >= 0.3 is 6.03 Å². The van der Waals surface area contributed by atoms with Crippen LogP contribution >= 0.6 is 0 Å². The third-order valence-electron chi connectivity index (χ3n) is 4.94. The van der Waals surface area contributed by atoms with Crippen molar-refractivity contribution < 1.29 is 19.1 Å². The smallest absolute Gasteiger partial charge is 0.318 e. The Morgan fingerprint density at radius 1 is 1.29 bits per heavy atom. The van der Waals surface area contributed by atoms with Gasteiger partial charge in [-0.1, -0.05) is 0 Å². The van der Waals surface area contributed by atoms with Crippen LogP contribution in [0.1, 0.15) is 30.6 Å². The first-order valence-electron chi connectivity index (χ1n) is 8.32. The molecule has 128 valence electrons. The molecule has 2 fully saturated rings. The van der Waals surface area contributed by atoms with Gasteiger partial charge in [0.2, 0.25) is 6.79 Å². The van der Waals surface area contributed by atoms with E-state index in [2.05, 4.69) is 5.32 Å². The number of hydrogen-bond acceptors (Lipinski definition) is 4. The van der Waals surface area contributed by atoms with Gasteiger partial charge in [-0.15, -0.1) is 0 Å². The minimum absolute atomic E-state index is 0.00777. The minimum Gasteiger partial charge on any atom is -0.454 e. The van der Waals surface area contributed by atoms with Crippen molar-refractivity contribution in [1.82, 2.24) is 15.1 Å². The first-order valence-corrected chi connectivity index (χ1v) is 8.32. The normalized spacial score (nSPS) is 25.0. The van der Waals surface area contributed by atoms with Crippen LogP contribution in [0.4, 0.5) is 4.79 Å². The number of nitrogens with one attached hydrogen (secondary N) is 1. The van der Waals surface area contributed by atoms with Gasteiger partial charge in [0, 0.05) is 24.7 Å². The van der Waals surface area contributed by atoms with Crippen molar-refractivity contribution >= 4 is 11.9 Å². The molecule has 0 bridgehead atoms. The maximum absolute atomic E-state index is 12.8. The number of nitrogens with zero attached hydrogens (tertiary/aromatic N) is 2. The molecule has 0 saturated carbocycles. The molecule has 0 radical (unpaired) electrons. The quantitative estimate of drug-likeness (QED) is 0.890. The summed E-state index contributed by atoms with van der Waals surface area (Å²) in [6, 6.07) is 5.54. The van der Waals surface area contributed by atoms with E-state index in [1.54, 1.807) is 18.2 Å². The van der Waals surface area contributed by atoms with Gasteiger partial charge in [0.25, 0.3) is 5.91 Å². The molecule has 24 heavy (non-hydrogen) atoms. The summed E-state index contributed by atoms with van der Waals surface area (Å²) in [7, 11) is 0. The molecule has 0 spiro atoms. The lowest BCUT2D eigenvalue weighted by Gasteiger charge is -2.38. The van der Waals surface area contributed by atoms with Crippen LogP contribution in [0.5, 0.6) is 11.5 Å². The number of fused-ring (bicyclic) bond motifs is 2. The number of likely N-dealkylation sites (tertiary alicyclic amines) is 1. The summed E-state index contributed by atoms with van der Waals surface area (Å²) in [5.41, 5.74) is 0.586. The highest BCUT2D eigenvalue weighted by Crippen LogP contribution is 2.33. The standard InChI is InChI=1S/C17H21N3O4/c1-10(2)20-13-5-6-19(8-12(13)18-17(20)22)16(21)11-3-4-14-15(7-11)24-9-23-14/h3-4,7,10,12-13H,5-6,8-9H2,1-2H3,(H,18,22)/t12-,13+/m1/s1. The number of ether oxygens (including phenoxy) is 2. The number of carbonyl (C=O) groups is 2. The van der Waals surface area contributed by atoms with Crippen LogP contribution in [-0.2, 0) is 0 Å². The fraction of sp³-hybridized carbons (Fsp3) is 0.529. The van der Waals surface area contributed by atoms with Crippen LogP contribution in [0.15, 0.2) is 18.2 Å². The molecule has 1 N–H and O–H groups in total. The van der Waals surface area contributed by atoms with E-state index in [9.17, 15) is 9.59 Å². The van der Waals surface area contributed by atoms with E-state index in [0.717, 1.165) is 6.42 Å². The van der Waals surface area contributed by atoms with Crippen molar-refractivity contribution in [1.29, 1.82) is 0 Å². The summed E-state index contributed by atoms with van der Waals surface area (Å²) in [6.45, 7) is 5.41. The highest BCUT2D eigenvalue weighted by molar-refractivity contribution is 5.95. The molecule has 2 atom stereocenters. The molecule has 0 aromatic heterocycles. The number of rotatable bonds is 2. The van der Waals surface area contributed by atoms with Crippen LogP contribution < -0.4 is 14.8 Å². The van der Waals surface area contributed by atoms with Crippen LogP contribution in [0, 0.1) is 0 Å². The van der Waals surface area contributed by atoms with Crippen molar-refractivity contribution in [2.75, 3.05) is 19.9 Å². The Morgan fingerprint density at radius 3 is 2.88 bits per heavy atom. The van der Waals surface area contributed by atoms with Gasteiger partial charge < -0.3 is 24.6 Å². The highest BCUT2D eigenvalue weighted by atomic mass is 16.7. The maximum atomic E-state index is 12.8. The molecule has 3 aliphatic rings. The maximum Gasteiger partial charge on any atom is 0.318 e. The predicted octanol–water partition coefficient (Wildman–Crippen LogP) is 1.43. The summed E-state index contributed by atoms with van der Waals surface area (Å²) in [4.78, 5) is 28.6. The second kappa shape index (κ2) is 5.58. The molecule has 3 aliphatic heterocycles. The van der Waals surface area contributed by atoms with E-state index in [1.807, 2.05) is 23.6 Å². The van der Waals surface area contributed by atoms with Crippen molar-refractivity contribution in [3.8, 4) is 11.5 Å². The zero-order valence-corrected chi connectivity index (χ0v) is 13.8. The van der Waals surface area contributed by atoms with Crippen molar-refractivity contribution in [3.63, 3.8) is 0 Å². The molecule has 3 amide bonds. The van der Waals surface area contributed by atoms with Gasteiger partial charge in [0.15, 0.2) is 11.5 Å². The van der Waals surface area contributed by atoms with Gasteiger partial charge in [0.05, 0.1) is 12.1 Å². The van der Waals surface area contributed by atoms with E-state index < -0.39 is 0 Å². The number of benzene rings is 1. The molecule has 7 nitrogen and oxygen atoms in total.